The highest BCUT2D eigenvalue weighted by atomic mass is 16.5. The minimum absolute atomic E-state index is 0.0178. The standard InChI is InChI=1S/C25H26N6O4/c32-12-17-10-20(33)25(35-17)31-14-28-21-22(26-13-27-23(21)31)29-16-8-9-30(11-16)24(34)19-7-3-5-15-4-1-2-6-18(15)19/h1-7,13-14,16-17,20,25,32-33H,8-12H2,(H,26,27,29)/t16?,17-,20+,25+/m0/s1. The number of ether oxygens (including phenoxy) is 1. The van der Waals surface area contributed by atoms with Gasteiger partial charge in [-0.1, -0.05) is 36.4 Å². The molecule has 1 amide bonds. The Kier molecular flexibility index (Phi) is 5.56. The van der Waals surface area contributed by atoms with Crippen molar-refractivity contribution in [3.05, 3.63) is 60.7 Å². The summed E-state index contributed by atoms with van der Waals surface area (Å²) in [5, 5.41) is 25.2. The third kappa shape index (κ3) is 3.89. The highest BCUT2D eigenvalue weighted by molar-refractivity contribution is 6.07. The molecule has 0 saturated carbocycles. The van der Waals surface area contributed by atoms with Gasteiger partial charge in [0.15, 0.2) is 23.2 Å². The Bertz CT molecular complexity index is 1390. The Morgan fingerprint density at radius 1 is 1.14 bits per heavy atom. The number of nitrogens with zero attached hydrogens (tertiary/aromatic N) is 5. The van der Waals surface area contributed by atoms with E-state index in [2.05, 4.69) is 20.3 Å². The van der Waals surface area contributed by atoms with Crippen LogP contribution in [0.15, 0.2) is 55.1 Å². The van der Waals surface area contributed by atoms with Crippen LogP contribution >= 0.6 is 0 Å². The van der Waals surface area contributed by atoms with Crippen molar-refractivity contribution in [3.63, 3.8) is 0 Å². The molecule has 0 aliphatic carbocycles. The van der Waals surface area contributed by atoms with Crippen LogP contribution in [0.25, 0.3) is 21.9 Å². The molecule has 1 unspecified atom stereocenters. The Hall–Kier alpha value is -3.60. The van der Waals surface area contributed by atoms with Gasteiger partial charge in [-0.05, 0) is 23.3 Å². The maximum atomic E-state index is 13.3. The number of hydrogen-bond acceptors (Lipinski definition) is 8. The van der Waals surface area contributed by atoms with Crippen LogP contribution in [-0.4, -0.2) is 78.5 Å². The predicted molar refractivity (Wildman–Crippen MR) is 129 cm³/mol. The zero-order valence-corrected chi connectivity index (χ0v) is 19.0. The fourth-order valence-corrected chi connectivity index (χ4v) is 5.08. The molecule has 2 fully saturated rings. The Morgan fingerprint density at radius 2 is 2.00 bits per heavy atom. The average Bonchev–Trinajstić information content (AvgIpc) is 3.62. The quantitative estimate of drug-likeness (QED) is 0.401. The van der Waals surface area contributed by atoms with Crippen molar-refractivity contribution in [1.82, 2.24) is 24.4 Å². The number of likely N-dealkylation sites (tertiary alicyclic amines) is 1. The number of carbonyl (C=O) groups excluding carboxylic acids is 1. The summed E-state index contributed by atoms with van der Waals surface area (Å²) in [6.45, 7) is 1.04. The van der Waals surface area contributed by atoms with E-state index in [1.807, 2.05) is 47.4 Å². The molecule has 2 aliphatic rings. The topological polar surface area (TPSA) is 126 Å². The van der Waals surface area contributed by atoms with Crippen molar-refractivity contribution in [3.8, 4) is 0 Å². The molecule has 4 aromatic rings. The number of carbonyl (C=O) groups is 1. The van der Waals surface area contributed by atoms with Crippen LogP contribution in [0.4, 0.5) is 5.82 Å². The monoisotopic (exact) mass is 474 g/mol. The van der Waals surface area contributed by atoms with Crippen molar-refractivity contribution >= 4 is 33.7 Å². The molecule has 4 heterocycles. The second kappa shape index (κ2) is 8.88. The maximum Gasteiger partial charge on any atom is 0.254 e. The molecule has 2 aromatic carbocycles. The Labute approximate surface area is 201 Å². The zero-order valence-electron chi connectivity index (χ0n) is 19.0. The van der Waals surface area contributed by atoms with Crippen molar-refractivity contribution < 1.29 is 19.7 Å². The first-order valence-electron chi connectivity index (χ1n) is 11.8. The van der Waals surface area contributed by atoms with E-state index in [9.17, 15) is 15.0 Å². The third-order valence-electron chi connectivity index (χ3n) is 6.84. The lowest BCUT2D eigenvalue weighted by Crippen LogP contribution is -2.31. The van der Waals surface area contributed by atoms with Gasteiger partial charge in [-0.2, -0.15) is 0 Å². The van der Waals surface area contributed by atoms with Crippen molar-refractivity contribution in [2.45, 2.75) is 37.3 Å². The number of imidazole rings is 1. The molecule has 2 saturated heterocycles. The molecule has 35 heavy (non-hydrogen) atoms. The van der Waals surface area contributed by atoms with Crippen LogP contribution in [0.1, 0.15) is 29.4 Å². The molecule has 10 heteroatoms. The van der Waals surface area contributed by atoms with Gasteiger partial charge in [0.2, 0.25) is 0 Å². The van der Waals surface area contributed by atoms with E-state index in [4.69, 9.17) is 4.74 Å². The smallest absolute Gasteiger partial charge is 0.254 e. The number of anilines is 1. The second-order valence-corrected chi connectivity index (χ2v) is 9.09. The first-order chi connectivity index (χ1) is 17.1. The van der Waals surface area contributed by atoms with E-state index in [1.54, 1.807) is 10.9 Å². The lowest BCUT2D eigenvalue weighted by molar-refractivity contribution is -0.0486. The largest absolute Gasteiger partial charge is 0.394 e. The molecule has 0 bridgehead atoms. The molecule has 4 atom stereocenters. The van der Waals surface area contributed by atoms with Crippen molar-refractivity contribution in [2.24, 2.45) is 0 Å². The van der Waals surface area contributed by atoms with Gasteiger partial charge in [-0.25, -0.2) is 15.0 Å². The lowest BCUT2D eigenvalue weighted by atomic mass is 10.0. The summed E-state index contributed by atoms with van der Waals surface area (Å²) in [5.74, 6) is 0.596. The number of amides is 1. The summed E-state index contributed by atoms with van der Waals surface area (Å²) in [5.41, 5.74) is 1.81. The first-order valence-corrected chi connectivity index (χ1v) is 11.8. The minimum Gasteiger partial charge on any atom is -0.394 e. The van der Waals surface area contributed by atoms with Gasteiger partial charge >= 0.3 is 0 Å². The van der Waals surface area contributed by atoms with Crippen LogP contribution in [-0.2, 0) is 4.74 Å². The molecule has 0 spiro atoms. The fourth-order valence-electron chi connectivity index (χ4n) is 5.08. The van der Waals surface area contributed by atoms with Crippen molar-refractivity contribution in [2.75, 3.05) is 25.0 Å². The summed E-state index contributed by atoms with van der Waals surface area (Å²) in [7, 11) is 0. The van der Waals surface area contributed by atoms with E-state index in [1.165, 1.54) is 6.33 Å². The van der Waals surface area contributed by atoms with Gasteiger partial charge < -0.3 is 25.2 Å². The predicted octanol–water partition coefficient (Wildman–Crippen LogP) is 1.95. The number of benzene rings is 2. The normalized spacial score (nSPS) is 24.5. The SMILES string of the molecule is O=C(c1cccc2ccccc12)N1CCC(Nc2ncnc3c2ncn3[C@@H]2O[C@H](CO)C[C@H]2O)C1. The molecule has 10 nitrogen and oxygen atoms in total. The summed E-state index contributed by atoms with van der Waals surface area (Å²) in [6.07, 6.45) is 2.30. The molecule has 180 valence electrons. The maximum absolute atomic E-state index is 13.3. The lowest BCUT2D eigenvalue weighted by Gasteiger charge is -2.19. The van der Waals surface area contributed by atoms with Crippen LogP contribution in [0, 0.1) is 0 Å². The molecule has 6 rings (SSSR count). The van der Waals surface area contributed by atoms with Gasteiger partial charge in [0.05, 0.1) is 19.0 Å². The number of aromatic nitrogens is 4. The van der Waals surface area contributed by atoms with Gasteiger partial charge in [-0.3, -0.25) is 9.36 Å². The van der Waals surface area contributed by atoms with E-state index >= 15 is 0 Å². The summed E-state index contributed by atoms with van der Waals surface area (Å²) in [6, 6.07) is 13.8. The van der Waals surface area contributed by atoms with E-state index < -0.39 is 18.4 Å². The van der Waals surface area contributed by atoms with Crippen LogP contribution in [0.5, 0.6) is 0 Å². The summed E-state index contributed by atoms with van der Waals surface area (Å²) in [4.78, 5) is 28.4. The molecule has 3 N–H and O–H groups in total. The van der Waals surface area contributed by atoms with Crippen molar-refractivity contribution in [1.29, 1.82) is 0 Å². The average molecular weight is 475 g/mol. The number of hydrogen-bond donors (Lipinski definition) is 3. The Balaban J connectivity index is 1.20. The van der Waals surface area contributed by atoms with Crippen LogP contribution in [0.2, 0.25) is 0 Å². The fraction of sp³-hybridized carbons (Fsp3) is 0.360. The van der Waals surface area contributed by atoms with Crippen LogP contribution < -0.4 is 5.32 Å². The number of aliphatic hydroxyl groups excluding tert-OH is 2. The third-order valence-corrected chi connectivity index (χ3v) is 6.84. The number of fused-ring (bicyclic) bond motifs is 2. The van der Waals surface area contributed by atoms with Gasteiger partial charge in [0, 0.05) is 31.1 Å². The van der Waals surface area contributed by atoms with E-state index in [0.717, 1.165) is 17.2 Å². The van der Waals surface area contributed by atoms with Crippen LogP contribution in [0.3, 0.4) is 0 Å². The summed E-state index contributed by atoms with van der Waals surface area (Å²) >= 11 is 0. The number of aliphatic hydroxyl groups is 2. The van der Waals surface area contributed by atoms with Gasteiger partial charge in [-0.15, -0.1) is 0 Å². The highest BCUT2D eigenvalue weighted by Crippen LogP contribution is 2.32. The van der Waals surface area contributed by atoms with Gasteiger partial charge in [0.25, 0.3) is 5.91 Å². The number of rotatable bonds is 5. The molecular formula is C25H26N6O4. The summed E-state index contributed by atoms with van der Waals surface area (Å²) < 4.78 is 7.43. The highest BCUT2D eigenvalue weighted by Gasteiger charge is 2.36. The molecule has 2 aliphatic heterocycles. The first kappa shape index (κ1) is 21.9. The molecule has 0 radical (unpaired) electrons. The van der Waals surface area contributed by atoms with E-state index in [-0.39, 0.29) is 18.6 Å². The zero-order chi connectivity index (χ0) is 23.9. The minimum atomic E-state index is -0.764. The second-order valence-electron chi connectivity index (χ2n) is 9.09. The number of nitrogens with one attached hydrogen (secondary N) is 1. The Morgan fingerprint density at radius 3 is 2.86 bits per heavy atom. The van der Waals surface area contributed by atoms with Gasteiger partial charge in [0.1, 0.15) is 12.4 Å². The van der Waals surface area contributed by atoms with E-state index in [0.29, 0.717) is 42.1 Å². The molecule has 2 aromatic heterocycles. The molecular weight excluding hydrogens is 448 g/mol.